The number of nitrogens with one attached hydrogen (secondary N) is 2. The van der Waals surface area contributed by atoms with Crippen molar-refractivity contribution >= 4 is 28.2 Å². The number of aromatic amines is 1. The molecule has 1 amide bonds. The molecule has 0 bridgehead atoms. The van der Waals surface area contributed by atoms with Gasteiger partial charge in [0.25, 0.3) is 5.91 Å². The summed E-state index contributed by atoms with van der Waals surface area (Å²) in [5, 5.41) is 11.2. The zero-order valence-corrected chi connectivity index (χ0v) is 11.8. The van der Waals surface area contributed by atoms with E-state index < -0.39 is 0 Å². The SMILES string of the molecule is CN(C)C(=O)c1cc(Nc2ccc3[nH]ncc3c2)ccn1. The molecule has 0 aliphatic carbocycles. The summed E-state index contributed by atoms with van der Waals surface area (Å²) < 4.78 is 0. The molecule has 21 heavy (non-hydrogen) atoms. The van der Waals surface area contributed by atoms with Crippen LogP contribution in [0.15, 0.2) is 42.7 Å². The van der Waals surface area contributed by atoms with Gasteiger partial charge in [0, 0.05) is 37.1 Å². The summed E-state index contributed by atoms with van der Waals surface area (Å²) in [4.78, 5) is 17.5. The Labute approximate surface area is 121 Å². The molecular weight excluding hydrogens is 266 g/mol. The van der Waals surface area contributed by atoms with Gasteiger partial charge in [0.15, 0.2) is 0 Å². The van der Waals surface area contributed by atoms with Crippen molar-refractivity contribution in [3.05, 3.63) is 48.4 Å². The van der Waals surface area contributed by atoms with Crippen molar-refractivity contribution in [2.75, 3.05) is 19.4 Å². The number of carbonyl (C=O) groups excluding carboxylic acids is 1. The Bertz CT molecular complexity index is 793. The highest BCUT2D eigenvalue weighted by atomic mass is 16.2. The molecule has 0 spiro atoms. The predicted molar refractivity (Wildman–Crippen MR) is 81.6 cm³/mol. The Morgan fingerprint density at radius 1 is 1.19 bits per heavy atom. The minimum atomic E-state index is -0.121. The number of aromatic nitrogens is 3. The number of pyridine rings is 1. The van der Waals surface area contributed by atoms with Crippen LogP contribution in [0, 0.1) is 0 Å². The lowest BCUT2D eigenvalue weighted by atomic mass is 10.2. The van der Waals surface area contributed by atoms with E-state index in [1.54, 1.807) is 32.6 Å². The first-order chi connectivity index (χ1) is 10.1. The molecule has 1 aromatic carbocycles. The molecule has 0 saturated carbocycles. The fourth-order valence-corrected chi connectivity index (χ4v) is 2.04. The van der Waals surface area contributed by atoms with Crippen LogP contribution >= 0.6 is 0 Å². The third kappa shape index (κ3) is 2.69. The number of benzene rings is 1. The quantitative estimate of drug-likeness (QED) is 0.773. The topological polar surface area (TPSA) is 73.9 Å². The number of hydrogen-bond acceptors (Lipinski definition) is 4. The minimum Gasteiger partial charge on any atom is -0.355 e. The Balaban J connectivity index is 1.87. The molecule has 106 valence electrons. The maximum Gasteiger partial charge on any atom is 0.272 e. The average Bonchev–Trinajstić information content (AvgIpc) is 2.94. The summed E-state index contributed by atoms with van der Waals surface area (Å²) in [6.45, 7) is 0. The summed E-state index contributed by atoms with van der Waals surface area (Å²) in [5.74, 6) is -0.121. The number of fused-ring (bicyclic) bond motifs is 1. The minimum absolute atomic E-state index is 0.121. The van der Waals surface area contributed by atoms with Gasteiger partial charge in [-0.05, 0) is 30.3 Å². The number of rotatable bonds is 3. The first-order valence-corrected chi connectivity index (χ1v) is 6.51. The molecule has 0 aliphatic heterocycles. The second-order valence-corrected chi connectivity index (χ2v) is 4.93. The second kappa shape index (κ2) is 5.24. The van der Waals surface area contributed by atoms with Crippen LogP contribution in [0.3, 0.4) is 0 Å². The van der Waals surface area contributed by atoms with Crippen molar-refractivity contribution < 1.29 is 4.79 Å². The van der Waals surface area contributed by atoms with E-state index in [4.69, 9.17) is 0 Å². The standard InChI is InChI=1S/C15H15N5O/c1-20(2)15(21)14-8-12(5-6-16-14)18-11-3-4-13-10(7-11)9-17-19-13/h3-9H,1-2H3,(H,16,18)(H,17,19). The molecule has 6 nitrogen and oxygen atoms in total. The first kappa shape index (κ1) is 13.1. The molecule has 0 radical (unpaired) electrons. The van der Waals surface area contributed by atoms with E-state index in [1.807, 2.05) is 24.3 Å². The third-order valence-electron chi connectivity index (χ3n) is 3.11. The van der Waals surface area contributed by atoms with Gasteiger partial charge in [0.1, 0.15) is 5.69 Å². The van der Waals surface area contributed by atoms with E-state index in [1.165, 1.54) is 4.90 Å². The molecule has 3 rings (SSSR count). The molecule has 0 atom stereocenters. The van der Waals surface area contributed by atoms with Crippen LogP contribution in [-0.4, -0.2) is 40.1 Å². The molecular formula is C15H15N5O. The van der Waals surface area contributed by atoms with Crippen LogP contribution in [0.5, 0.6) is 0 Å². The van der Waals surface area contributed by atoms with Gasteiger partial charge in [-0.3, -0.25) is 14.9 Å². The number of anilines is 2. The summed E-state index contributed by atoms with van der Waals surface area (Å²) in [6.07, 6.45) is 3.39. The van der Waals surface area contributed by atoms with Gasteiger partial charge < -0.3 is 10.2 Å². The van der Waals surface area contributed by atoms with E-state index in [0.717, 1.165) is 22.3 Å². The van der Waals surface area contributed by atoms with Crippen LogP contribution in [0.2, 0.25) is 0 Å². The molecule has 6 heteroatoms. The van der Waals surface area contributed by atoms with E-state index in [9.17, 15) is 4.79 Å². The van der Waals surface area contributed by atoms with Gasteiger partial charge in [-0.1, -0.05) is 0 Å². The van der Waals surface area contributed by atoms with E-state index in [0.29, 0.717) is 5.69 Å². The van der Waals surface area contributed by atoms with Crippen LogP contribution in [0.4, 0.5) is 11.4 Å². The second-order valence-electron chi connectivity index (χ2n) is 4.93. The number of hydrogen-bond donors (Lipinski definition) is 2. The largest absolute Gasteiger partial charge is 0.355 e. The smallest absolute Gasteiger partial charge is 0.272 e. The first-order valence-electron chi connectivity index (χ1n) is 6.51. The highest BCUT2D eigenvalue weighted by Crippen LogP contribution is 2.21. The predicted octanol–water partition coefficient (Wildman–Crippen LogP) is 2.40. The lowest BCUT2D eigenvalue weighted by Crippen LogP contribution is -2.22. The highest BCUT2D eigenvalue weighted by molar-refractivity contribution is 5.93. The molecule has 0 aliphatic rings. The molecule has 3 aromatic rings. The number of nitrogens with zero attached hydrogens (tertiary/aromatic N) is 3. The number of H-pyrrole nitrogens is 1. The maximum absolute atomic E-state index is 11.9. The lowest BCUT2D eigenvalue weighted by Gasteiger charge is -2.11. The number of amides is 1. The normalized spacial score (nSPS) is 10.6. The summed E-state index contributed by atoms with van der Waals surface area (Å²) in [6, 6.07) is 9.47. The Hall–Kier alpha value is -2.89. The Morgan fingerprint density at radius 2 is 2.00 bits per heavy atom. The van der Waals surface area contributed by atoms with Gasteiger partial charge in [-0.2, -0.15) is 5.10 Å². The fourth-order valence-electron chi connectivity index (χ4n) is 2.04. The van der Waals surface area contributed by atoms with Crippen molar-refractivity contribution in [3.63, 3.8) is 0 Å². The van der Waals surface area contributed by atoms with Crippen LogP contribution in [-0.2, 0) is 0 Å². The highest BCUT2D eigenvalue weighted by Gasteiger charge is 2.10. The molecule has 0 unspecified atom stereocenters. The van der Waals surface area contributed by atoms with E-state index >= 15 is 0 Å². The average molecular weight is 281 g/mol. The van der Waals surface area contributed by atoms with Crippen molar-refractivity contribution in [2.45, 2.75) is 0 Å². The van der Waals surface area contributed by atoms with Crippen LogP contribution in [0.25, 0.3) is 10.9 Å². The van der Waals surface area contributed by atoms with Crippen molar-refractivity contribution in [1.29, 1.82) is 0 Å². The Morgan fingerprint density at radius 3 is 2.81 bits per heavy atom. The maximum atomic E-state index is 11.9. The number of carbonyl (C=O) groups is 1. The molecule has 2 aromatic heterocycles. The molecule has 2 heterocycles. The van der Waals surface area contributed by atoms with Gasteiger partial charge >= 0.3 is 0 Å². The van der Waals surface area contributed by atoms with Crippen molar-refractivity contribution in [2.24, 2.45) is 0 Å². The van der Waals surface area contributed by atoms with Gasteiger partial charge in [0.05, 0.1) is 11.7 Å². The van der Waals surface area contributed by atoms with E-state index in [2.05, 4.69) is 20.5 Å². The zero-order chi connectivity index (χ0) is 14.8. The lowest BCUT2D eigenvalue weighted by molar-refractivity contribution is 0.0822. The third-order valence-corrected chi connectivity index (χ3v) is 3.11. The molecule has 0 saturated heterocycles. The monoisotopic (exact) mass is 281 g/mol. The molecule has 0 fully saturated rings. The zero-order valence-electron chi connectivity index (χ0n) is 11.8. The molecule has 2 N–H and O–H groups in total. The summed E-state index contributed by atoms with van der Waals surface area (Å²) in [5.41, 5.74) is 3.14. The van der Waals surface area contributed by atoms with Crippen molar-refractivity contribution in [3.8, 4) is 0 Å². The van der Waals surface area contributed by atoms with Gasteiger partial charge in [0.2, 0.25) is 0 Å². The fraction of sp³-hybridized carbons (Fsp3) is 0.133. The Kier molecular flexibility index (Phi) is 3.27. The van der Waals surface area contributed by atoms with Gasteiger partial charge in [-0.25, -0.2) is 0 Å². The summed E-state index contributed by atoms with van der Waals surface area (Å²) in [7, 11) is 3.41. The summed E-state index contributed by atoms with van der Waals surface area (Å²) >= 11 is 0. The van der Waals surface area contributed by atoms with Crippen molar-refractivity contribution in [1.82, 2.24) is 20.1 Å². The van der Waals surface area contributed by atoms with E-state index in [-0.39, 0.29) is 5.91 Å². The van der Waals surface area contributed by atoms with Crippen LogP contribution in [0.1, 0.15) is 10.5 Å². The van der Waals surface area contributed by atoms with Crippen LogP contribution < -0.4 is 5.32 Å². The van der Waals surface area contributed by atoms with Gasteiger partial charge in [-0.15, -0.1) is 0 Å².